The first-order chi connectivity index (χ1) is 10.8. The molecule has 134 valence electrons. The molecular formula is C21H42SiSn. The van der Waals surface area contributed by atoms with E-state index in [2.05, 4.69) is 58.8 Å². The molecule has 3 atom stereocenters. The summed E-state index contributed by atoms with van der Waals surface area (Å²) in [5.74, 6) is 5.52. The summed E-state index contributed by atoms with van der Waals surface area (Å²) in [5.41, 5.74) is 3.71. The van der Waals surface area contributed by atoms with Crippen LogP contribution in [0.15, 0.2) is 0 Å². The summed E-state index contributed by atoms with van der Waals surface area (Å²) in [6.07, 6.45) is 8.68. The zero-order valence-corrected chi connectivity index (χ0v) is 21.0. The fourth-order valence-corrected chi connectivity index (χ4v) is 25.8. The van der Waals surface area contributed by atoms with E-state index in [1.807, 2.05) is 0 Å². The van der Waals surface area contributed by atoms with Gasteiger partial charge >= 0.3 is 153 Å². The van der Waals surface area contributed by atoms with Gasteiger partial charge < -0.3 is 0 Å². The van der Waals surface area contributed by atoms with Crippen LogP contribution in [-0.4, -0.2) is 26.5 Å². The predicted molar refractivity (Wildman–Crippen MR) is 112 cm³/mol. The number of hydrogen-bond donors (Lipinski definition) is 0. The van der Waals surface area contributed by atoms with E-state index in [1.165, 1.54) is 38.5 Å². The van der Waals surface area contributed by atoms with E-state index < -0.39 is 26.5 Å². The molecule has 0 saturated heterocycles. The fourth-order valence-electron chi connectivity index (χ4n) is 4.38. The van der Waals surface area contributed by atoms with Crippen LogP contribution in [0.25, 0.3) is 0 Å². The van der Waals surface area contributed by atoms with E-state index in [9.17, 15) is 0 Å². The Balaban J connectivity index is 2.94. The Morgan fingerprint density at radius 2 is 1.26 bits per heavy atom. The zero-order chi connectivity index (χ0) is 17.5. The van der Waals surface area contributed by atoms with Crippen LogP contribution >= 0.6 is 0 Å². The molecule has 0 N–H and O–H groups in total. The monoisotopic (exact) mass is 442 g/mol. The summed E-state index contributed by atoms with van der Waals surface area (Å²) in [6, 6.07) is 0. The van der Waals surface area contributed by atoms with E-state index in [-0.39, 0.29) is 0 Å². The SMILES string of the molecule is CCC[CH2][Sn]([CH2]CCC)([CH2]CCC)[C@H]1[C@@H](C)[C@@H]1C#C[Si](C)(C)C. The summed E-state index contributed by atoms with van der Waals surface area (Å²) >= 11 is -2.02. The Hall–Kier alpha value is 0.576. The molecule has 0 aromatic carbocycles. The Bertz CT molecular complexity index is 377. The molecule has 0 aliphatic heterocycles. The van der Waals surface area contributed by atoms with Gasteiger partial charge in [0.05, 0.1) is 0 Å². The maximum absolute atomic E-state index is 3.80. The Morgan fingerprint density at radius 1 is 0.826 bits per heavy atom. The van der Waals surface area contributed by atoms with E-state index in [1.54, 1.807) is 13.3 Å². The Morgan fingerprint density at radius 3 is 1.61 bits per heavy atom. The molecule has 0 spiro atoms. The van der Waals surface area contributed by atoms with Crippen molar-refractivity contribution in [2.24, 2.45) is 11.8 Å². The molecule has 0 aromatic rings. The average molecular weight is 441 g/mol. The summed E-state index contributed by atoms with van der Waals surface area (Å²) in [6.45, 7) is 16.9. The summed E-state index contributed by atoms with van der Waals surface area (Å²) in [4.78, 5) is 0. The summed E-state index contributed by atoms with van der Waals surface area (Å²) < 4.78 is 6.07. The molecule has 0 radical (unpaired) electrons. The second-order valence-corrected chi connectivity index (χ2v) is 27.8. The van der Waals surface area contributed by atoms with Gasteiger partial charge in [-0.15, -0.1) is 0 Å². The number of unbranched alkanes of at least 4 members (excludes halogenated alkanes) is 3. The normalized spacial score (nSPS) is 24.2. The van der Waals surface area contributed by atoms with Gasteiger partial charge in [-0.2, -0.15) is 0 Å². The molecule has 0 amide bonds. The molecule has 1 aliphatic carbocycles. The van der Waals surface area contributed by atoms with Crippen molar-refractivity contribution in [1.82, 2.24) is 0 Å². The van der Waals surface area contributed by atoms with Crippen molar-refractivity contribution in [2.45, 2.75) is 103 Å². The van der Waals surface area contributed by atoms with Gasteiger partial charge in [-0.1, -0.05) is 0 Å². The van der Waals surface area contributed by atoms with Crippen LogP contribution in [0.5, 0.6) is 0 Å². The van der Waals surface area contributed by atoms with Crippen LogP contribution in [0.4, 0.5) is 0 Å². The Kier molecular flexibility index (Phi) is 9.31. The van der Waals surface area contributed by atoms with Gasteiger partial charge in [0.2, 0.25) is 0 Å². The second kappa shape index (κ2) is 9.90. The van der Waals surface area contributed by atoms with Gasteiger partial charge in [-0.3, -0.25) is 0 Å². The summed E-state index contributed by atoms with van der Waals surface area (Å²) in [7, 11) is -1.21. The first kappa shape index (κ1) is 21.6. The zero-order valence-electron chi connectivity index (χ0n) is 17.1. The van der Waals surface area contributed by atoms with Gasteiger partial charge in [-0.25, -0.2) is 0 Å². The molecule has 1 aliphatic rings. The molecular weight excluding hydrogens is 399 g/mol. The van der Waals surface area contributed by atoms with Crippen LogP contribution in [0.2, 0.25) is 36.9 Å². The summed E-state index contributed by atoms with van der Waals surface area (Å²) in [5, 5.41) is 0. The molecule has 1 saturated carbocycles. The van der Waals surface area contributed by atoms with Gasteiger partial charge in [-0.05, 0) is 0 Å². The van der Waals surface area contributed by atoms with E-state index in [0.717, 1.165) is 15.8 Å². The first-order valence-electron chi connectivity index (χ1n) is 10.3. The molecule has 0 bridgehead atoms. The molecule has 23 heavy (non-hydrogen) atoms. The van der Waals surface area contributed by atoms with Gasteiger partial charge in [0.15, 0.2) is 0 Å². The molecule has 0 heterocycles. The van der Waals surface area contributed by atoms with Crippen molar-refractivity contribution < 1.29 is 0 Å². The third-order valence-electron chi connectivity index (χ3n) is 5.78. The third-order valence-corrected chi connectivity index (χ3v) is 24.8. The minimum absolute atomic E-state index is 0.795. The van der Waals surface area contributed by atoms with Crippen molar-refractivity contribution in [3.8, 4) is 11.5 Å². The van der Waals surface area contributed by atoms with Gasteiger partial charge in [0.25, 0.3) is 0 Å². The van der Waals surface area contributed by atoms with Crippen molar-refractivity contribution in [3.05, 3.63) is 0 Å². The number of hydrogen-bond acceptors (Lipinski definition) is 0. The molecule has 0 unspecified atom stereocenters. The molecule has 0 nitrogen and oxygen atoms in total. The third kappa shape index (κ3) is 6.77. The van der Waals surface area contributed by atoms with Crippen LogP contribution in [-0.2, 0) is 0 Å². The average Bonchev–Trinajstić information content (AvgIpc) is 3.15. The molecule has 1 fully saturated rings. The van der Waals surface area contributed by atoms with E-state index in [4.69, 9.17) is 0 Å². The van der Waals surface area contributed by atoms with E-state index >= 15 is 0 Å². The van der Waals surface area contributed by atoms with Crippen LogP contribution in [0.3, 0.4) is 0 Å². The predicted octanol–water partition coefficient (Wildman–Crippen LogP) is 7.35. The standard InChI is InChI=1S/C9H15Si.3C4H9.Sn/c1-8-7-9(8)5-6-10(2,3)4;3*1-3-4-2;/h7-9H,1-4H3;3*1,3-4H2,2H3;/t8-,9-;;;;/m1..../s1. The number of rotatable bonds is 10. The maximum atomic E-state index is 3.80. The second-order valence-electron chi connectivity index (χ2n) is 9.10. The fraction of sp³-hybridized carbons (Fsp3) is 0.905. The van der Waals surface area contributed by atoms with Crippen molar-refractivity contribution in [1.29, 1.82) is 0 Å². The molecule has 0 aromatic heterocycles. The molecule has 2 heteroatoms. The van der Waals surface area contributed by atoms with Crippen molar-refractivity contribution in [2.75, 3.05) is 0 Å². The van der Waals surface area contributed by atoms with Gasteiger partial charge in [0.1, 0.15) is 0 Å². The van der Waals surface area contributed by atoms with Crippen LogP contribution in [0.1, 0.15) is 66.2 Å². The first-order valence-corrected chi connectivity index (χ1v) is 21.5. The molecule has 1 rings (SSSR count). The quantitative estimate of drug-likeness (QED) is 0.246. The Labute approximate surface area is 152 Å². The van der Waals surface area contributed by atoms with Crippen molar-refractivity contribution in [3.63, 3.8) is 0 Å². The van der Waals surface area contributed by atoms with Crippen molar-refractivity contribution >= 4 is 26.5 Å². The minimum atomic E-state index is -2.02. The van der Waals surface area contributed by atoms with Crippen LogP contribution < -0.4 is 0 Å². The van der Waals surface area contributed by atoms with E-state index in [0.29, 0.717) is 0 Å². The van der Waals surface area contributed by atoms with Crippen LogP contribution in [0, 0.1) is 23.3 Å². The van der Waals surface area contributed by atoms with Gasteiger partial charge in [0, 0.05) is 0 Å². The topological polar surface area (TPSA) is 0 Å².